The predicted molar refractivity (Wildman–Crippen MR) is 115 cm³/mol. The molecule has 3 aromatic carbocycles. The van der Waals surface area contributed by atoms with E-state index in [1.165, 1.54) is 48.7 Å². The zero-order valence-electron chi connectivity index (χ0n) is 16.5. The van der Waals surface area contributed by atoms with Gasteiger partial charge in [-0.3, -0.25) is 4.79 Å². The van der Waals surface area contributed by atoms with Crippen LogP contribution in [0.4, 0.5) is 4.39 Å². The number of carbonyl (C=O) groups excluding carboxylic acids is 1. The van der Waals surface area contributed by atoms with Crippen LogP contribution in [0.5, 0.6) is 17.2 Å². The van der Waals surface area contributed by atoms with Crippen molar-refractivity contribution in [3.8, 4) is 17.2 Å². The Bertz CT molecular complexity index is 1340. The van der Waals surface area contributed by atoms with Crippen LogP contribution in [0.25, 0.3) is 17.0 Å². The van der Waals surface area contributed by atoms with E-state index in [9.17, 15) is 14.0 Å². The van der Waals surface area contributed by atoms with E-state index in [4.69, 9.17) is 13.9 Å². The van der Waals surface area contributed by atoms with Crippen LogP contribution >= 0.6 is 0 Å². The van der Waals surface area contributed by atoms with Gasteiger partial charge in [-0.2, -0.15) is 0 Å². The zero-order chi connectivity index (χ0) is 21.8. The fraction of sp³-hybridized carbons (Fsp3) is 0.0400. The Labute approximate surface area is 177 Å². The van der Waals surface area contributed by atoms with Crippen molar-refractivity contribution in [3.63, 3.8) is 0 Å². The third-order valence-electron chi connectivity index (χ3n) is 4.43. The van der Waals surface area contributed by atoms with E-state index in [0.717, 1.165) is 5.56 Å². The first-order chi connectivity index (χ1) is 15.0. The summed E-state index contributed by atoms with van der Waals surface area (Å²) in [6.07, 6.45) is 3.97. The number of ether oxygens (including phenoxy) is 2. The molecule has 0 saturated heterocycles. The highest BCUT2D eigenvalue weighted by atomic mass is 19.1. The lowest BCUT2D eigenvalue weighted by molar-refractivity contribution is -0.128. The van der Waals surface area contributed by atoms with E-state index >= 15 is 0 Å². The van der Waals surface area contributed by atoms with Crippen LogP contribution in [-0.4, -0.2) is 5.97 Å². The van der Waals surface area contributed by atoms with Gasteiger partial charge in [0.25, 0.3) is 0 Å². The van der Waals surface area contributed by atoms with Gasteiger partial charge in [0.05, 0.1) is 5.39 Å². The zero-order valence-corrected chi connectivity index (χ0v) is 16.5. The summed E-state index contributed by atoms with van der Waals surface area (Å²) >= 11 is 0. The number of hydrogen-bond donors (Lipinski definition) is 0. The molecule has 31 heavy (non-hydrogen) atoms. The number of hydrogen-bond acceptors (Lipinski definition) is 5. The molecule has 154 valence electrons. The molecule has 0 unspecified atom stereocenters. The van der Waals surface area contributed by atoms with Crippen molar-refractivity contribution >= 4 is 23.0 Å². The average Bonchev–Trinajstić information content (AvgIpc) is 2.75. The highest BCUT2D eigenvalue weighted by Crippen LogP contribution is 2.24. The minimum absolute atomic E-state index is 0.0603. The minimum atomic E-state index is -0.620. The number of aryl methyl sites for hydroxylation is 1. The number of esters is 1. The maximum atomic E-state index is 12.9. The topological polar surface area (TPSA) is 65.7 Å². The Balaban J connectivity index is 1.51. The number of fused-ring (bicyclic) bond motifs is 1. The maximum Gasteiger partial charge on any atom is 0.336 e. The van der Waals surface area contributed by atoms with Gasteiger partial charge < -0.3 is 13.9 Å². The van der Waals surface area contributed by atoms with Gasteiger partial charge in [-0.25, -0.2) is 9.18 Å². The van der Waals surface area contributed by atoms with E-state index in [2.05, 4.69) is 0 Å². The molecule has 0 spiro atoms. The summed E-state index contributed by atoms with van der Waals surface area (Å²) in [5.41, 5.74) is 1.58. The molecule has 0 amide bonds. The number of rotatable bonds is 5. The summed E-state index contributed by atoms with van der Waals surface area (Å²) in [5, 5.41) is 0.298. The molecule has 0 aliphatic rings. The van der Waals surface area contributed by atoms with Crippen molar-refractivity contribution in [1.82, 2.24) is 0 Å². The summed E-state index contributed by atoms with van der Waals surface area (Å²) < 4.78 is 29.3. The van der Waals surface area contributed by atoms with E-state index in [-0.39, 0.29) is 28.3 Å². The Morgan fingerprint density at radius 3 is 2.58 bits per heavy atom. The SMILES string of the molecule is Cc1cccc(Oc2coc3cc(OC(=O)C=Cc4ccc(F)cc4)ccc3c2=O)c1. The molecule has 4 rings (SSSR count). The lowest BCUT2D eigenvalue weighted by Gasteiger charge is -2.07. The van der Waals surface area contributed by atoms with Crippen LogP contribution < -0.4 is 14.9 Å². The molecule has 0 saturated carbocycles. The maximum absolute atomic E-state index is 12.9. The summed E-state index contributed by atoms with van der Waals surface area (Å²) in [4.78, 5) is 24.7. The van der Waals surface area contributed by atoms with Crippen molar-refractivity contribution in [2.45, 2.75) is 6.92 Å². The van der Waals surface area contributed by atoms with Crippen LogP contribution in [0, 0.1) is 12.7 Å². The van der Waals surface area contributed by atoms with Crippen molar-refractivity contribution < 1.29 is 23.1 Å². The number of benzene rings is 3. The van der Waals surface area contributed by atoms with Crippen molar-refractivity contribution in [1.29, 1.82) is 0 Å². The van der Waals surface area contributed by atoms with E-state index in [0.29, 0.717) is 16.7 Å². The monoisotopic (exact) mass is 416 g/mol. The Morgan fingerprint density at radius 1 is 1.00 bits per heavy atom. The van der Waals surface area contributed by atoms with Gasteiger partial charge >= 0.3 is 5.97 Å². The second-order valence-electron chi connectivity index (χ2n) is 6.81. The molecular weight excluding hydrogens is 399 g/mol. The standard InChI is InChI=1S/C25H17FO5/c1-16-3-2-4-19(13-16)30-23-15-29-22-14-20(10-11-21(22)25(23)28)31-24(27)12-7-17-5-8-18(26)9-6-17/h2-15H,1H3. The van der Waals surface area contributed by atoms with Crippen molar-refractivity contribution in [2.24, 2.45) is 0 Å². The van der Waals surface area contributed by atoms with E-state index < -0.39 is 5.97 Å². The minimum Gasteiger partial charge on any atom is -0.460 e. The van der Waals surface area contributed by atoms with Gasteiger partial charge in [0.1, 0.15) is 29.2 Å². The van der Waals surface area contributed by atoms with E-state index in [1.807, 2.05) is 25.1 Å². The molecule has 0 N–H and O–H groups in total. The Morgan fingerprint density at radius 2 is 1.81 bits per heavy atom. The molecule has 4 aromatic rings. The second-order valence-corrected chi connectivity index (χ2v) is 6.81. The highest BCUT2D eigenvalue weighted by molar-refractivity contribution is 5.89. The molecule has 6 heteroatoms. The Kier molecular flexibility index (Phi) is 5.62. The van der Waals surface area contributed by atoms with Crippen molar-refractivity contribution in [3.05, 3.63) is 106 Å². The van der Waals surface area contributed by atoms with Crippen LogP contribution in [0.1, 0.15) is 11.1 Å². The number of halogens is 1. The molecular formula is C25H17FO5. The summed E-state index contributed by atoms with van der Waals surface area (Å²) in [7, 11) is 0. The quantitative estimate of drug-likeness (QED) is 0.239. The molecule has 1 aromatic heterocycles. The first-order valence-corrected chi connectivity index (χ1v) is 9.43. The molecule has 0 atom stereocenters. The lowest BCUT2D eigenvalue weighted by atomic mass is 10.2. The third kappa shape index (κ3) is 4.87. The van der Waals surface area contributed by atoms with Crippen LogP contribution in [0.3, 0.4) is 0 Å². The van der Waals surface area contributed by atoms with Crippen LogP contribution in [-0.2, 0) is 4.79 Å². The van der Waals surface area contributed by atoms with Gasteiger partial charge in [-0.15, -0.1) is 0 Å². The molecule has 0 aliphatic heterocycles. The summed E-state index contributed by atoms with van der Waals surface area (Å²) in [5.74, 6) is -0.165. The van der Waals surface area contributed by atoms with Gasteiger partial charge in [0.15, 0.2) is 0 Å². The van der Waals surface area contributed by atoms with Gasteiger partial charge in [-0.05, 0) is 60.5 Å². The average molecular weight is 416 g/mol. The molecule has 5 nitrogen and oxygen atoms in total. The van der Waals surface area contributed by atoms with Gasteiger partial charge in [-0.1, -0.05) is 24.3 Å². The van der Waals surface area contributed by atoms with E-state index in [1.54, 1.807) is 18.2 Å². The normalized spacial score (nSPS) is 11.0. The first kappa shape index (κ1) is 20.1. The third-order valence-corrected chi connectivity index (χ3v) is 4.43. The highest BCUT2D eigenvalue weighted by Gasteiger charge is 2.11. The molecule has 1 heterocycles. The summed E-state index contributed by atoms with van der Waals surface area (Å²) in [6.45, 7) is 1.92. The van der Waals surface area contributed by atoms with Crippen LogP contribution in [0.15, 0.2) is 88.3 Å². The van der Waals surface area contributed by atoms with Gasteiger partial charge in [0, 0.05) is 12.1 Å². The smallest absolute Gasteiger partial charge is 0.336 e. The fourth-order valence-electron chi connectivity index (χ4n) is 2.92. The number of carbonyl (C=O) groups is 1. The fourth-order valence-corrected chi connectivity index (χ4v) is 2.92. The predicted octanol–water partition coefficient (Wildman–Crippen LogP) is 5.65. The van der Waals surface area contributed by atoms with Gasteiger partial charge in [0.2, 0.25) is 11.2 Å². The molecule has 0 bridgehead atoms. The summed E-state index contributed by atoms with van der Waals surface area (Å²) in [6, 6.07) is 17.5. The molecule has 0 fully saturated rings. The largest absolute Gasteiger partial charge is 0.460 e. The van der Waals surface area contributed by atoms with Crippen molar-refractivity contribution in [2.75, 3.05) is 0 Å². The molecule has 0 aliphatic carbocycles. The first-order valence-electron chi connectivity index (χ1n) is 9.43. The van der Waals surface area contributed by atoms with Crippen LogP contribution in [0.2, 0.25) is 0 Å². The lowest BCUT2D eigenvalue weighted by Crippen LogP contribution is -2.06. The molecule has 0 radical (unpaired) electrons. The second kappa shape index (κ2) is 8.67. The Hall–Kier alpha value is -4.19.